The van der Waals surface area contributed by atoms with Crippen LogP contribution in [-0.4, -0.2) is 23.3 Å². The van der Waals surface area contributed by atoms with E-state index in [9.17, 15) is 5.11 Å². The largest absolute Gasteiger partial charge is 0.486 e. The minimum Gasteiger partial charge on any atom is -0.486 e. The van der Waals surface area contributed by atoms with Gasteiger partial charge in [0, 0.05) is 23.3 Å². The molecule has 1 N–H and O–H groups in total. The number of nitrogens with zero attached hydrogens (tertiary/aromatic N) is 1. The topological polar surface area (TPSA) is 51.6 Å². The fraction of sp³-hybridized carbons (Fsp3) is 0.267. The van der Waals surface area contributed by atoms with E-state index in [4.69, 9.17) is 9.47 Å². The molecule has 1 aromatic heterocycles. The lowest BCUT2D eigenvalue weighted by Crippen LogP contribution is -2.16. The lowest BCUT2D eigenvalue weighted by atomic mass is 10.0. The first-order valence-corrected chi connectivity index (χ1v) is 8.08. The van der Waals surface area contributed by atoms with Gasteiger partial charge in [-0.1, -0.05) is 0 Å². The maximum atomic E-state index is 10.4. The normalized spacial score (nSPS) is 14.8. The zero-order valence-electron chi connectivity index (χ0n) is 11.1. The van der Waals surface area contributed by atoms with Crippen molar-refractivity contribution in [2.75, 3.05) is 13.2 Å². The second kappa shape index (κ2) is 6.34. The van der Waals surface area contributed by atoms with Crippen LogP contribution in [0, 0.1) is 0 Å². The van der Waals surface area contributed by atoms with Gasteiger partial charge in [0.15, 0.2) is 11.5 Å². The van der Waals surface area contributed by atoms with E-state index >= 15 is 0 Å². The molecule has 0 fully saturated rings. The van der Waals surface area contributed by atoms with Gasteiger partial charge >= 0.3 is 0 Å². The molecule has 2 aromatic rings. The number of aromatic nitrogens is 1. The molecule has 1 atom stereocenters. The van der Waals surface area contributed by atoms with Crippen LogP contribution in [-0.2, 0) is 6.42 Å². The van der Waals surface area contributed by atoms with E-state index in [1.807, 2.05) is 18.2 Å². The maximum Gasteiger partial charge on any atom is 0.175 e. The summed E-state index contributed by atoms with van der Waals surface area (Å²) in [4.78, 5) is 4.11. The Morgan fingerprint density at radius 3 is 2.76 bits per heavy atom. The smallest absolute Gasteiger partial charge is 0.175 e. The molecule has 4 nitrogen and oxygen atoms in total. The molecule has 21 heavy (non-hydrogen) atoms. The van der Waals surface area contributed by atoms with Gasteiger partial charge in [0.1, 0.15) is 13.2 Å². The van der Waals surface area contributed by atoms with Gasteiger partial charge in [-0.15, -0.1) is 0 Å². The van der Waals surface area contributed by atoms with Gasteiger partial charge < -0.3 is 14.6 Å². The van der Waals surface area contributed by atoms with E-state index < -0.39 is 6.10 Å². The third-order valence-corrected chi connectivity index (χ3v) is 4.22. The Labute approximate surface area is 139 Å². The quantitative estimate of drug-likeness (QED) is 0.832. The van der Waals surface area contributed by atoms with Crippen molar-refractivity contribution in [3.8, 4) is 11.5 Å². The van der Waals surface area contributed by atoms with Gasteiger partial charge in [0.05, 0.1) is 10.6 Å². The Kier molecular flexibility index (Phi) is 4.47. The number of benzene rings is 1. The Morgan fingerprint density at radius 2 is 1.95 bits per heavy atom. The summed E-state index contributed by atoms with van der Waals surface area (Å²) in [5, 5.41) is 10.4. The average Bonchev–Trinajstić information content (AvgIpc) is 2.47. The number of aliphatic hydroxyl groups is 1. The Balaban J connectivity index is 1.84. The summed E-state index contributed by atoms with van der Waals surface area (Å²) in [5.41, 5.74) is 1.74. The fourth-order valence-corrected chi connectivity index (χ4v) is 3.22. The van der Waals surface area contributed by atoms with Crippen molar-refractivity contribution in [3.05, 3.63) is 50.7 Å². The number of hydrogen-bond acceptors (Lipinski definition) is 4. The third-order valence-electron chi connectivity index (χ3n) is 3.19. The van der Waals surface area contributed by atoms with Crippen molar-refractivity contribution in [1.82, 2.24) is 4.98 Å². The average molecular weight is 415 g/mol. The highest BCUT2D eigenvalue weighted by atomic mass is 79.9. The minimum absolute atomic E-state index is 0.485. The third kappa shape index (κ3) is 3.39. The van der Waals surface area contributed by atoms with E-state index in [2.05, 4.69) is 36.8 Å². The SMILES string of the molecule is OC(Cc1cncc(Br)c1)c1cc(Br)c2c(c1)OCCO2. The van der Waals surface area contributed by atoms with E-state index in [0.29, 0.717) is 31.1 Å². The number of pyridine rings is 1. The van der Waals surface area contributed by atoms with Gasteiger partial charge in [0.25, 0.3) is 0 Å². The summed E-state index contributed by atoms with van der Waals surface area (Å²) < 4.78 is 12.8. The van der Waals surface area contributed by atoms with Gasteiger partial charge in [0.2, 0.25) is 0 Å². The molecule has 0 saturated heterocycles. The van der Waals surface area contributed by atoms with Crippen molar-refractivity contribution in [2.24, 2.45) is 0 Å². The predicted molar refractivity (Wildman–Crippen MR) is 85.7 cm³/mol. The summed E-state index contributed by atoms with van der Waals surface area (Å²) in [6, 6.07) is 5.64. The van der Waals surface area contributed by atoms with E-state index in [1.54, 1.807) is 12.4 Å². The van der Waals surface area contributed by atoms with E-state index in [1.165, 1.54) is 0 Å². The monoisotopic (exact) mass is 413 g/mol. The first kappa shape index (κ1) is 14.8. The zero-order valence-corrected chi connectivity index (χ0v) is 14.2. The molecule has 0 aliphatic carbocycles. The van der Waals surface area contributed by atoms with Crippen LogP contribution in [0.5, 0.6) is 11.5 Å². The van der Waals surface area contributed by atoms with Crippen LogP contribution in [0.1, 0.15) is 17.2 Å². The number of ether oxygens (including phenoxy) is 2. The molecular formula is C15H13Br2NO3. The minimum atomic E-state index is -0.631. The Morgan fingerprint density at radius 1 is 1.14 bits per heavy atom. The number of halogens is 2. The highest BCUT2D eigenvalue weighted by Crippen LogP contribution is 2.40. The Bertz CT molecular complexity index is 663. The molecule has 1 aliphatic heterocycles. The molecule has 0 radical (unpaired) electrons. The Hall–Kier alpha value is -1.11. The predicted octanol–water partition coefficient (Wildman–Crippen LogP) is 3.65. The second-order valence-electron chi connectivity index (χ2n) is 4.76. The van der Waals surface area contributed by atoms with Crippen molar-refractivity contribution in [2.45, 2.75) is 12.5 Å². The summed E-state index contributed by atoms with van der Waals surface area (Å²) in [7, 11) is 0. The van der Waals surface area contributed by atoms with Crippen LogP contribution in [0.3, 0.4) is 0 Å². The summed E-state index contributed by atoms with van der Waals surface area (Å²) in [6.07, 6.45) is 3.32. The van der Waals surface area contributed by atoms with Crippen LogP contribution >= 0.6 is 31.9 Å². The van der Waals surface area contributed by atoms with Crippen molar-refractivity contribution >= 4 is 31.9 Å². The van der Waals surface area contributed by atoms with E-state index in [-0.39, 0.29) is 0 Å². The van der Waals surface area contributed by atoms with Gasteiger partial charge in [-0.2, -0.15) is 0 Å². The van der Waals surface area contributed by atoms with Crippen LogP contribution in [0.15, 0.2) is 39.5 Å². The molecule has 0 spiro atoms. The maximum absolute atomic E-state index is 10.4. The first-order chi connectivity index (χ1) is 10.1. The lowest BCUT2D eigenvalue weighted by molar-refractivity contribution is 0.163. The zero-order chi connectivity index (χ0) is 14.8. The number of rotatable bonds is 3. The highest BCUT2D eigenvalue weighted by Gasteiger charge is 2.19. The molecular weight excluding hydrogens is 402 g/mol. The summed E-state index contributed by atoms with van der Waals surface area (Å²) >= 11 is 6.84. The molecule has 1 aliphatic rings. The summed E-state index contributed by atoms with van der Waals surface area (Å²) in [5.74, 6) is 1.36. The first-order valence-electron chi connectivity index (χ1n) is 6.50. The molecule has 6 heteroatoms. The van der Waals surface area contributed by atoms with Crippen LogP contribution in [0.25, 0.3) is 0 Å². The molecule has 1 aromatic carbocycles. The lowest BCUT2D eigenvalue weighted by Gasteiger charge is -2.21. The fourth-order valence-electron chi connectivity index (χ4n) is 2.23. The molecule has 0 saturated carbocycles. The van der Waals surface area contributed by atoms with Crippen LogP contribution in [0.2, 0.25) is 0 Å². The van der Waals surface area contributed by atoms with Crippen LogP contribution < -0.4 is 9.47 Å². The number of aliphatic hydroxyl groups excluding tert-OH is 1. The molecule has 3 rings (SSSR count). The molecule has 110 valence electrons. The number of fused-ring (bicyclic) bond motifs is 1. The van der Waals surface area contributed by atoms with E-state index in [0.717, 1.165) is 20.1 Å². The van der Waals surface area contributed by atoms with Crippen molar-refractivity contribution in [1.29, 1.82) is 0 Å². The van der Waals surface area contributed by atoms with Crippen LogP contribution in [0.4, 0.5) is 0 Å². The molecule has 1 unspecified atom stereocenters. The van der Waals surface area contributed by atoms with Gasteiger partial charge in [-0.25, -0.2) is 0 Å². The molecule has 0 bridgehead atoms. The molecule has 0 amide bonds. The second-order valence-corrected chi connectivity index (χ2v) is 6.53. The van der Waals surface area contributed by atoms with Crippen molar-refractivity contribution < 1.29 is 14.6 Å². The summed E-state index contributed by atoms with van der Waals surface area (Å²) in [6.45, 7) is 1.06. The number of hydrogen-bond donors (Lipinski definition) is 1. The van der Waals surface area contributed by atoms with Gasteiger partial charge in [-0.3, -0.25) is 4.98 Å². The van der Waals surface area contributed by atoms with Gasteiger partial charge in [-0.05, 0) is 61.2 Å². The van der Waals surface area contributed by atoms with Crippen molar-refractivity contribution in [3.63, 3.8) is 0 Å². The molecule has 2 heterocycles. The highest BCUT2D eigenvalue weighted by molar-refractivity contribution is 9.10. The standard InChI is InChI=1S/C15H13Br2NO3/c16-11-3-9(7-18-8-11)4-13(19)10-5-12(17)15-14(6-10)20-1-2-21-15/h3,5-8,13,19H,1-2,4H2.